The first-order valence-corrected chi connectivity index (χ1v) is 9.13. The van der Waals surface area contributed by atoms with E-state index in [2.05, 4.69) is 23.1 Å². The number of benzene rings is 1. The van der Waals surface area contributed by atoms with Crippen LogP contribution in [-0.4, -0.2) is 42.4 Å². The summed E-state index contributed by atoms with van der Waals surface area (Å²) in [4.78, 5) is 15.6. The van der Waals surface area contributed by atoms with Gasteiger partial charge in [-0.2, -0.15) is 0 Å². The van der Waals surface area contributed by atoms with Gasteiger partial charge in [0.25, 0.3) is 0 Å². The van der Waals surface area contributed by atoms with Gasteiger partial charge < -0.3 is 4.90 Å². The largest absolute Gasteiger partial charge is 0.346 e. The first kappa shape index (κ1) is 19.6. The second-order valence-electron chi connectivity index (χ2n) is 7.27. The smallest absolute Gasteiger partial charge is 0.219 e. The fraction of sp³-hybridized carbons (Fsp3) is 0.632. The molecule has 134 valence electrons. The van der Waals surface area contributed by atoms with Gasteiger partial charge in [-0.1, -0.05) is 23.7 Å². The Hall–Kier alpha value is -0.770. The molecule has 1 heterocycles. The van der Waals surface area contributed by atoms with Crippen LogP contribution in [0.25, 0.3) is 0 Å². The Morgan fingerprint density at radius 1 is 1.29 bits per heavy atom. The summed E-state index contributed by atoms with van der Waals surface area (Å²) in [6.45, 7) is 5.90. The second kappa shape index (κ2) is 8.55. The summed E-state index contributed by atoms with van der Waals surface area (Å²) in [5.74, 6) is 1.40. The van der Waals surface area contributed by atoms with Gasteiger partial charge >= 0.3 is 0 Å². The van der Waals surface area contributed by atoms with E-state index >= 15 is 0 Å². The van der Waals surface area contributed by atoms with Crippen molar-refractivity contribution in [2.75, 3.05) is 26.7 Å². The van der Waals surface area contributed by atoms with Crippen molar-refractivity contribution in [3.05, 3.63) is 34.3 Å². The number of carbonyl (C=O) groups excluding carboxylic acids is 1. The van der Waals surface area contributed by atoms with E-state index in [1.165, 1.54) is 49.9 Å². The van der Waals surface area contributed by atoms with E-state index in [0.717, 1.165) is 18.1 Å². The molecule has 0 atom stereocenters. The van der Waals surface area contributed by atoms with Crippen molar-refractivity contribution in [1.29, 1.82) is 0 Å². The lowest BCUT2D eigenvalue weighted by molar-refractivity contribution is -0.128. The molecule has 3 nitrogen and oxygen atoms in total. The molecule has 0 radical (unpaired) electrons. The van der Waals surface area contributed by atoms with Gasteiger partial charge in [-0.05, 0) is 67.8 Å². The predicted molar refractivity (Wildman–Crippen MR) is 102 cm³/mol. The second-order valence-corrected chi connectivity index (χ2v) is 7.68. The summed E-state index contributed by atoms with van der Waals surface area (Å²) < 4.78 is 0. The Balaban J connectivity index is 0.00000208. The van der Waals surface area contributed by atoms with Crippen LogP contribution in [0.1, 0.15) is 49.7 Å². The topological polar surface area (TPSA) is 23.6 Å². The van der Waals surface area contributed by atoms with Gasteiger partial charge in [0.2, 0.25) is 5.91 Å². The molecule has 0 bridgehead atoms. The number of nitrogens with zero attached hydrogens (tertiary/aromatic N) is 2. The van der Waals surface area contributed by atoms with Crippen LogP contribution in [0.5, 0.6) is 0 Å². The van der Waals surface area contributed by atoms with Crippen LogP contribution in [0.4, 0.5) is 0 Å². The van der Waals surface area contributed by atoms with Crippen LogP contribution in [0, 0.1) is 5.92 Å². The zero-order chi connectivity index (χ0) is 16.4. The molecule has 1 saturated heterocycles. The van der Waals surface area contributed by atoms with Gasteiger partial charge in [-0.3, -0.25) is 9.69 Å². The summed E-state index contributed by atoms with van der Waals surface area (Å²) in [6.07, 6.45) is 4.96. The Morgan fingerprint density at radius 3 is 2.54 bits per heavy atom. The van der Waals surface area contributed by atoms with E-state index in [9.17, 15) is 4.79 Å². The van der Waals surface area contributed by atoms with Gasteiger partial charge in [0.05, 0.1) is 0 Å². The van der Waals surface area contributed by atoms with Crippen LogP contribution >= 0.6 is 24.0 Å². The maximum Gasteiger partial charge on any atom is 0.219 e. The lowest BCUT2D eigenvalue weighted by Gasteiger charge is -2.38. The Labute approximate surface area is 156 Å². The fourth-order valence-electron chi connectivity index (χ4n) is 3.80. The molecular formula is C19H28Cl2N2O. The molecule has 0 aromatic heterocycles. The number of carbonyl (C=O) groups is 1. The number of hydrogen-bond donors (Lipinski definition) is 0. The molecule has 2 aliphatic rings. The number of amides is 1. The normalized spacial score (nSPS) is 23.5. The van der Waals surface area contributed by atoms with Crippen molar-refractivity contribution in [2.45, 2.75) is 45.1 Å². The molecule has 1 amide bonds. The molecule has 3 rings (SSSR count). The highest BCUT2D eigenvalue weighted by atomic mass is 35.5. The molecule has 0 unspecified atom stereocenters. The van der Waals surface area contributed by atoms with Crippen molar-refractivity contribution < 1.29 is 4.79 Å². The van der Waals surface area contributed by atoms with E-state index in [0.29, 0.717) is 11.8 Å². The van der Waals surface area contributed by atoms with Gasteiger partial charge in [0, 0.05) is 32.1 Å². The summed E-state index contributed by atoms with van der Waals surface area (Å²) in [7, 11) is 1.89. The minimum atomic E-state index is 0. The first-order chi connectivity index (χ1) is 11.0. The quantitative estimate of drug-likeness (QED) is 0.769. The van der Waals surface area contributed by atoms with E-state index in [-0.39, 0.29) is 18.3 Å². The summed E-state index contributed by atoms with van der Waals surface area (Å²) in [5, 5.41) is 0.915. The molecular weight excluding hydrogens is 343 g/mol. The molecule has 1 aromatic rings. The van der Waals surface area contributed by atoms with Crippen molar-refractivity contribution >= 4 is 29.9 Å². The third-order valence-electron chi connectivity index (χ3n) is 5.45. The minimum absolute atomic E-state index is 0. The third-order valence-corrected chi connectivity index (χ3v) is 5.80. The maximum absolute atomic E-state index is 11.3. The Kier molecular flexibility index (Phi) is 6.97. The van der Waals surface area contributed by atoms with E-state index in [1.807, 2.05) is 11.9 Å². The van der Waals surface area contributed by atoms with Crippen molar-refractivity contribution in [3.8, 4) is 0 Å². The molecule has 1 aliphatic heterocycles. The van der Waals surface area contributed by atoms with Gasteiger partial charge in [-0.15, -0.1) is 12.4 Å². The highest BCUT2D eigenvalue weighted by molar-refractivity contribution is 6.31. The van der Waals surface area contributed by atoms with E-state index < -0.39 is 0 Å². The van der Waals surface area contributed by atoms with Crippen molar-refractivity contribution in [2.24, 2.45) is 5.92 Å². The molecule has 0 N–H and O–H groups in total. The Bertz CT molecular complexity index is 566. The molecule has 1 aliphatic carbocycles. The molecule has 0 spiro atoms. The number of hydrogen-bond acceptors (Lipinski definition) is 2. The summed E-state index contributed by atoms with van der Waals surface area (Å²) >= 11 is 6.52. The Morgan fingerprint density at radius 2 is 1.96 bits per heavy atom. The van der Waals surface area contributed by atoms with Crippen LogP contribution in [0.2, 0.25) is 5.02 Å². The first-order valence-electron chi connectivity index (χ1n) is 8.75. The van der Waals surface area contributed by atoms with Crippen LogP contribution in [-0.2, 0) is 11.3 Å². The van der Waals surface area contributed by atoms with Gasteiger partial charge in [0.15, 0.2) is 0 Å². The van der Waals surface area contributed by atoms with Gasteiger partial charge in [-0.25, -0.2) is 0 Å². The monoisotopic (exact) mass is 370 g/mol. The van der Waals surface area contributed by atoms with Crippen LogP contribution in [0.15, 0.2) is 18.2 Å². The SMILES string of the molecule is CC(=O)N(C)CC1CC(c2ccc(CN3CCCC3)c(Cl)c2)C1.Cl. The average molecular weight is 371 g/mol. The predicted octanol–water partition coefficient (Wildman–Crippen LogP) is 4.33. The van der Waals surface area contributed by atoms with Gasteiger partial charge in [0.1, 0.15) is 0 Å². The van der Waals surface area contributed by atoms with Crippen molar-refractivity contribution in [3.63, 3.8) is 0 Å². The fourth-order valence-corrected chi connectivity index (χ4v) is 4.05. The zero-order valence-electron chi connectivity index (χ0n) is 14.6. The lowest BCUT2D eigenvalue weighted by atomic mass is 9.71. The average Bonchev–Trinajstić information content (AvgIpc) is 2.97. The highest BCUT2D eigenvalue weighted by Gasteiger charge is 2.31. The molecule has 5 heteroatoms. The van der Waals surface area contributed by atoms with E-state index in [4.69, 9.17) is 11.6 Å². The van der Waals surface area contributed by atoms with E-state index in [1.54, 1.807) is 6.92 Å². The van der Waals surface area contributed by atoms with Crippen LogP contribution < -0.4 is 0 Å². The molecule has 2 fully saturated rings. The maximum atomic E-state index is 11.3. The summed E-state index contributed by atoms with van der Waals surface area (Å²) in [5.41, 5.74) is 2.62. The third kappa shape index (κ3) is 4.65. The molecule has 24 heavy (non-hydrogen) atoms. The molecule has 1 saturated carbocycles. The number of likely N-dealkylation sites (tertiary alicyclic amines) is 1. The summed E-state index contributed by atoms with van der Waals surface area (Å²) in [6, 6.07) is 6.64. The molecule has 1 aromatic carbocycles. The highest BCUT2D eigenvalue weighted by Crippen LogP contribution is 2.42. The zero-order valence-corrected chi connectivity index (χ0v) is 16.2. The lowest BCUT2D eigenvalue weighted by Crippen LogP contribution is -2.35. The van der Waals surface area contributed by atoms with Crippen molar-refractivity contribution in [1.82, 2.24) is 9.80 Å². The minimum Gasteiger partial charge on any atom is -0.346 e. The number of rotatable bonds is 5. The van der Waals surface area contributed by atoms with Crippen LogP contribution in [0.3, 0.4) is 0 Å². The number of halogens is 2. The standard InChI is InChI=1S/C19H27ClN2O.ClH/c1-14(23)21(2)12-15-9-18(10-15)16-5-6-17(19(20)11-16)13-22-7-3-4-8-22;/h5-6,11,15,18H,3-4,7-10,12-13H2,1-2H3;1H.